The lowest BCUT2D eigenvalue weighted by atomic mass is 10.0. The van der Waals surface area contributed by atoms with Crippen LogP contribution >= 0.6 is 0 Å². The second-order valence-electron chi connectivity index (χ2n) is 3.88. The molecule has 1 aromatic rings. The summed E-state index contributed by atoms with van der Waals surface area (Å²) in [4.78, 5) is 0. The van der Waals surface area contributed by atoms with Gasteiger partial charge < -0.3 is 5.32 Å². The maximum Gasteiger partial charge on any atom is 0.273 e. The van der Waals surface area contributed by atoms with Gasteiger partial charge in [-0.3, -0.25) is 0 Å². The molecule has 2 unspecified atom stereocenters. The minimum Gasteiger partial charge on any atom is -0.317 e. The van der Waals surface area contributed by atoms with E-state index in [0.29, 0.717) is 6.42 Å². The zero-order valence-electron chi connectivity index (χ0n) is 9.38. The normalized spacial score (nSPS) is 15.1. The van der Waals surface area contributed by atoms with Crippen LogP contribution in [0.4, 0.5) is 13.2 Å². The van der Waals surface area contributed by atoms with E-state index in [-0.39, 0.29) is 11.6 Å². The number of alkyl halides is 3. The first kappa shape index (κ1) is 13.0. The number of likely N-dealkylation sites (N-methyl/N-ethyl adjacent to an activating group) is 1. The Morgan fingerprint density at radius 1 is 1.25 bits per heavy atom. The molecule has 1 nitrogen and oxygen atoms in total. The van der Waals surface area contributed by atoms with Crippen LogP contribution in [0.15, 0.2) is 24.3 Å². The Morgan fingerprint density at radius 3 is 2.50 bits per heavy atom. The van der Waals surface area contributed by atoms with Crippen LogP contribution in [0.3, 0.4) is 0 Å². The van der Waals surface area contributed by atoms with Gasteiger partial charge in [0, 0.05) is 6.04 Å². The molecule has 0 aromatic heterocycles. The van der Waals surface area contributed by atoms with Crippen LogP contribution in [-0.4, -0.2) is 19.5 Å². The van der Waals surface area contributed by atoms with Gasteiger partial charge in [0.1, 0.15) is 0 Å². The SMILES string of the molecule is CNC(C)Cc1cccc(C(F)C(F)F)c1. The Labute approximate surface area is 93.7 Å². The molecule has 0 aliphatic carbocycles. The number of benzene rings is 1. The van der Waals surface area contributed by atoms with Crippen LogP contribution in [0.1, 0.15) is 24.2 Å². The summed E-state index contributed by atoms with van der Waals surface area (Å²) in [7, 11) is 1.83. The van der Waals surface area contributed by atoms with Gasteiger partial charge in [-0.25, -0.2) is 13.2 Å². The Balaban J connectivity index is 2.78. The maximum atomic E-state index is 13.1. The molecule has 0 bridgehead atoms. The summed E-state index contributed by atoms with van der Waals surface area (Å²) < 4.78 is 37.5. The first-order valence-electron chi connectivity index (χ1n) is 5.23. The highest BCUT2D eigenvalue weighted by Gasteiger charge is 2.21. The van der Waals surface area contributed by atoms with E-state index in [0.717, 1.165) is 5.56 Å². The first-order valence-corrected chi connectivity index (χ1v) is 5.23. The Bertz CT molecular complexity index is 328. The molecule has 1 N–H and O–H groups in total. The van der Waals surface area contributed by atoms with Gasteiger partial charge in [0.25, 0.3) is 6.43 Å². The average Bonchev–Trinajstić information content (AvgIpc) is 2.28. The van der Waals surface area contributed by atoms with E-state index in [1.165, 1.54) is 12.1 Å². The molecule has 90 valence electrons. The third-order valence-corrected chi connectivity index (χ3v) is 2.53. The molecule has 0 radical (unpaired) electrons. The van der Waals surface area contributed by atoms with Crippen LogP contribution in [0, 0.1) is 0 Å². The van der Waals surface area contributed by atoms with E-state index in [4.69, 9.17) is 0 Å². The molecule has 16 heavy (non-hydrogen) atoms. The van der Waals surface area contributed by atoms with E-state index < -0.39 is 12.6 Å². The van der Waals surface area contributed by atoms with Crippen molar-refractivity contribution in [3.05, 3.63) is 35.4 Å². The lowest BCUT2D eigenvalue weighted by Crippen LogP contribution is -2.23. The van der Waals surface area contributed by atoms with Crippen molar-refractivity contribution in [2.75, 3.05) is 7.05 Å². The zero-order valence-corrected chi connectivity index (χ0v) is 9.38. The van der Waals surface area contributed by atoms with E-state index in [9.17, 15) is 13.2 Å². The van der Waals surface area contributed by atoms with E-state index in [1.807, 2.05) is 20.0 Å². The monoisotopic (exact) mass is 231 g/mol. The Morgan fingerprint density at radius 2 is 1.94 bits per heavy atom. The van der Waals surface area contributed by atoms with E-state index in [2.05, 4.69) is 5.32 Å². The molecule has 4 heteroatoms. The number of hydrogen-bond acceptors (Lipinski definition) is 1. The third-order valence-electron chi connectivity index (χ3n) is 2.53. The van der Waals surface area contributed by atoms with Gasteiger partial charge in [-0.1, -0.05) is 24.3 Å². The number of hydrogen-bond donors (Lipinski definition) is 1. The van der Waals surface area contributed by atoms with Crippen molar-refractivity contribution >= 4 is 0 Å². The number of rotatable bonds is 5. The largest absolute Gasteiger partial charge is 0.317 e. The summed E-state index contributed by atoms with van der Waals surface area (Å²) in [5, 5.41) is 3.04. The van der Waals surface area contributed by atoms with Crippen molar-refractivity contribution in [2.24, 2.45) is 0 Å². The van der Waals surface area contributed by atoms with Gasteiger partial charge >= 0.3 is 0 Å². The molecule has 0 aliphatic rings. The van der Waals surface area contributed by atoms with Gasteiger partial charge in [-0.05, 0) is 31.5 Å². The van der Waals surface area contributed by atoms with Crippen molar-refractivity contribution in [3.63, 3.8) is 0 Å². The van der Waals surface area contributed by atoms with Crippen molar-refractivity contribution in [3.8, 4) is 0 Å². The highest BCUT2D eigenvalue weighted by Crippen LogP contribution is 2.25. The highest BCUT2D eigenvalue weighted by molar-refractivity contribution is 5.26. The van der Waals surface area contributed by atoms with Crippen molar-refractivity contribution in [1.82, 2.24) is 5.32 Å². The molecule has 0 amide bonds. The molecule has 1 rings (SSSR count). The second-order valence-corrected chi connectivity index (χ2v) is 3.88. The fourth-order valence-corrected chi connectivity index (χ4v) is 1.49. The summed E-state index contributed by atoms with van der Waals surface area (Å²) in [6.45, 7) is 1.98. The minimum absolute atomic E-state index is 0.0517. The smallest absolute Gasteiger partial charge is 0.273 e. The van der Waals surface area contributed by atoms with Crippen LogP contribution in [0.25, 0.3) is 0 Å². The summed E-state index contributed by atoms with van der Waals surface area (Å²) in [5.41, 5.74) is 0.915. The first-order chi connectivity index (χ1) is 7.54. The summed E-state index contributed by atoms with van der Waals surface area (Å²) in [5.74, 6) is 0. The lowest BCUT2D eigenvalue weighted by molar-refractivity contribution is 0.0495. The highest BCUT2D eigenvalue weighted by atomic mass is 19.3. The second kappa shape index (κ2) is 5.89. The molecule has 0 fully saturated rings. The van der Waals surface area contributed by atoms with Crippen LogP contribution < -0.4 is 5.32 Å². The van der Waals surface area contributed by atoms with Crippen molar-refractivity contribution < 1.29 is 13.2 Å². The predicted octanol–water partition coefficient (Wildman–Crippen LogP) is 3.11. The minimum atomic E-state index is -2.96. The summed E-state index contributed by atoms with van der Waals surface area (Å²) >= 11 is 0. The molecule has 0 saturated carbocycles. The average molecular weight is 231 g/mol. The van der Waals surface area contributed by atoms with Crippen molar-refractivity contribution in [2.45, 2.75) is 32.0 Å². The van der Waals surface area contributed by atoms with Gasteiger partial charge in [0.15, 0.2) is 6.17 Å². The topological polar surface area (TPSA) is 12.0 Å². The molecule has 0 aliphatic heterocycles. The van der Waals surface area contributed by atoms with Crippen LogP contribution in [-0.2, 0) is 6.42 Å². The van der Waals surface area contributed by atoms with Crippen molar-refractivity contribution in [1.29, 1.82) is 0 Å². The molecule has 1 aromatic carbocycles. The lowest BCUT2D eigenvalue weighted by Gasteiger charge is -2.12. The Hall–Kier alpha value is -1.03. The van der Waals surface area contributed by atoms with Gasteiger partial charge in [-0.15, -0.1) is 0 Å². The zero-order chi connectivity index (χ0) is 12.1. The maximum absolute atomic E-state index is 13.1. The third kappa shape index (κ3) is 3.52. The van der Waals surface area contributed by atoms with E-state index in [1.54, 1.807) is 6.07 Å². The van der Waals surface area contributed by atoms with Gasteiger partial charge in [0.05, 0.1) is 0 Å². The molecule has 0 heterocycles. The summed E-state index contributed by atoms with van der Waals surface area (Å²) in [6, 6.07) is 6.56. The van der Waals surface area contributed by atoms with Crippen LogP contribution in [0.2, 0.25) is 0 Å². The van der Waals surface area contributed by atoms with Gasteiger partial charge in [-0.2, -0.15) is 0 Å². The fourth-order valence-electron chi connectivity index (χ4n) is 1.49. The molecular formula is C12H16F3N. The summed E-state index contributed by atoms with van der Waals surface area (Å²) in [6.07, 6.45) is -4.46. The standard InChI is InChI=1S/C12H16F3N/c1-8(16-2)6-9-4-3-5-10(7-9)11(13)12(14)15/h3-5,7-8,11-12,16H,6H2,1-2H3. The molecule has 0 spiro atoms. The Kier molecular flexibility index (Phi) is 4.80. The fraction of sp³-hybridized carbons (Fsp3) is 0.500. The van der Waals surface area contributed by atoms with Crippen LogP contribution in [0.5, 0.6) is 0 Å². The van der Waals surface area contributed by atoms with E-state index >= 15 is 0 Å². The quantitative estimate of drug-likeness (QED) is 0.821. The molecule has 0 saturated heterocycles. The molecule has 2 atom stereocenters. The predicted molar refractivity (Wildman–Crippen MR) is 58.5 cm³/mol. The molecular weight excluding hydrogens is 215 g/mol. The van der Waals surface area contributed by atoms with Gasteiger partial charge in [0.2, 0.25) is 0 Å². The number of halogens is 3. The number of nitrogens with one attached hydrogen (secondary N) is 1.